The molecule has 0 unspecified atom stereocenters. The largest absolute Gasteiger partial charge is 0.0622 e. The van der Waals surface area contributed by atoms with E-state index in [-0.39, 0.29) is 0 Å². The van der Waals surface area contributed by atoms with Crippen LogP contribution in [0.1, 0.15) is 22.3 Å². The first-order valence-electron chi connectivity index (χ1n) is 9.97. The molecule has 0 fully saturated rings. The van der Waals surface area contributed by atoms with Crippen molar-refractivity contribution in [2.24, 2.45) is 0 Å². The van der Waals surface area contributed by atoms with Gasteiger partial charge in [0.05, 0.1) is 0 Å². The summed E-state index contributed by atoms with van der Waals surface area (Å²) in [5.74, 6) is 0. The summed E-state index contributed by atoms with van der Waals surface area (Å²) >= 11 is 0. The van der Waals surface area contributed by atoms with Crippen LogP contribution in [0.25, 0.3) is 21.0 Å². The average molecular weight is 421 g/mol. The summed E-state index contributed by atoms with van der Waals surface area (Å²) in [4.78, 5) is 2.62. The van der Waals surface area contributed by atoms with Gasteiger partial charge in [-0.15, -0.1) is 0 Å². The zero-order valence-electron chi connectivity index (χ0n) is 16.4. The summed E-state index contributed by atoms with van der Waals surface area (Å²) in [6.45, 7) is 0. The minimum absolute atomic E-state index is 1.25. The molecule has 1 heterocycles. The smallest absolute Gasteiger partial charge is 0.0343 e. The molecule has 1 aliphatic rings. The van der Waals surface area contributed by atoms with E-state index in [9.17, 15) is 0 Å². The van der Waals surface area contributed by atoms with Crippen molar-refractivity contribution < 1.29 is 0 Å². The average Bonchev–Trinajstić information content (AvgIpc) is 2.85. The fourth-order valence-corrected chi connectivity index (χ4v) is 6.53. The van der Waals surface area contributed by atoms with Crippen LogP contribution in [0.15, 0.2) is 121 Å². The van der Waals surface area contributed by atoms with Crippen LogP contribution in [0.3, 0.4) is 0 Å². The molecule has 0 saturated heterocycles. The Balaban J connectivity index is 1.85. The van der Waals surface area contributed by atoms with Gasteiger partial charge in [-0.2, -0.15) is 0 Å². The lowest BCUT2D eigenvalue weighted by molar-refractivity contribution is 1.57. The standard InChI is InChI=1S/C28H20S2/c1-5-13-21(14-6-1)25-26(22-15-7-2-8-16-22)28(24-19-11-4-12-20-24)30-29-27(25)23-17-9-3-10-18-23/h1-20H. The molecule has 0 atom stereocenters. The van der Waals surface area contributed by atoms with Crippen LogP contribution in [0.5, 0.6) is 0 Å². The fourth-order valence-electron chi connectivity index (χ4n) is 3.72. The quantitative estimate of drug-likeness (QED) is 0.303. The molecular weight excluding hydrogens is 400 g/mol. The molecule has 5 rings (SSSR count). The van der Waals surface area contributed by atoms with E-state index in [1.54, 1.807) is 0 Å². The molecule has 0 spiro atoms. The van der Waals surface area contributed by atoms with E-state index in [4.69, 9.17) is 0 Å². The highest BCUT2D eigenvalue weighted by atomic mass is 33.1. The van der Waals surface area contributed by atoms with E-state index in [0.29, 0.717) is 0 Å². The molecule has 0 bridgehead atoms. The Hall–Kier alpha value is -2.94. The predicted molar refractivity (Wildman–Crippen MR) is 135 cm³/mol. The summed E-state index contributed by atoms with van der Waals surface area (Å²) in [6.07, 6.45) is 0. The van der Waals surface area contributed by atoms with Crippen LogP contribution in [0.4, 0.5) is 0 Å². The fraction of sp³-hybridized carbons (Fsp3) is 0. The second-order valence-corrected chi connectivity index (χ2v) is 9.19. The van der Waals surface area contributed by atoms with Crippen LogP contribution in [-0.4, -0.2) is 0 Å². The Bertz CT molecular complexity index is 1090. The number of hydrogen-bond donors (Lipinski definition) is 0. The molecule has 30 heavy (non-hydrogen) atoms. The monoisotopic (exact) mass is 420 g/mol. The second kappa shape index (κ2) is 8.83. The Morgan fingerprint density at radius 1 is 0.300 bits per heavy atom. The van der Waals surface area contributed by atoms with Gasteiger partial charge in [0, 0.05) is 21.0 Å². The highest BCUT2D eigenvalue weighted by Crippen LogP contribution is 2.58. The second-order valence-electron chi connectivity index (χ2n) is 7.04. The summed E-state index contributed by atoms with van der Waals surface area (Å²) < 4.78 is 0. The molecule has 0 radical (unpaired) electrons. The zero-order valence-corrected chi connectivity index (χ0v) is 18.0. The van der Waals surface area contributed by atoms with Gasteiger partial charge < -0.3 is 0 Å². The van der Waals surface area contributed by atoms with Crippen LogP contribution in [0, 0.1) is 0 Å². The molecule has 0 amide bonds. The van der Waals surface area contributed by atoms with Crippen LogP contribution in [-0.2, 0) is 0 Å². The molecule has 2 heteroatoms. The maximum atomic E-state index is 2.22. The zero-order chi connectivity index (χ0) is 20.2. The Morgan fingerprint density at radius 2 is 0.567 bits per heavy atom. The summed E-state index contributed by atoms with van der Waals surface area (Å²) in [6, 6.07) is 43.0. The van der Waals surface area contributed by atoms with Crippen molar-refractivity contribution >= 4 is 42.5 Å². The minimum Gasteiger partial charge on any atom is -0.0622 e. The van der Waals surface area contributed by atoms with Gasteiger partial charge in [-0.1, -0.05) is 143 Å². The van der Waals surface area contributed by atoms with Gasteiger partial charge in [0.2, 0.25) is 0 Å². The molecule has 144 valence electrons. The van der Waals surface area contributed by atoms with E-state index in [2.05, 4.69) is 121 Å². The summed E-state index contributed by atoms with van der Waals surface area (Å²) in [7, 11) is 3.72. The maximum Gasteiger partial charge on any atom is 0.0343 e. The Labute approximate surface area is 185 Å². The van der Waals surface area contributed by atoms with E-state index < -0.39 is 0 Å². The first-order valence-corrected chi connectivity index (χ1v) is 12.1. The first kappa shape index (κ1) is 19.0. The third-order valence-corrected chi connectivity index (χ3v) is 7.66. The van der Waals surface area contributed by atoms with E-state index in [1.165, 1.54) is 43.2 Å². The van der Waals surface area contributed by atoms with Crippen molar-refractivity contribution in [2.45, 2.75) is 0 Å². The highest BCUT2D eigenvalue weighted by molar-refractivity contribution is 8.83. The Kier molecular flexibility index (Phi) is 5.60. The lowest BCUT2D eigenvalue weighted by atomic mass is 9.89. The summed E-state index contributed by atoms with van der Waals surface area (Å²) in [5, 5.41) is 0. The van der Waals surface area contributed by atoms with Gasteiger partial charge in [-0.05, 0) is 22.3 Å². The van der Waals surface area contributed by atoms with Gasteiger partial charge in [0.15, 0.2) is 0 Å². The molecule has 0 N–H and O–H groups in total. The van der Waals surface area contributed by atoms with Crippen LogP contribution >= 0.6 is 21.6 Å². The molecule has 0 aromatic heterocycles. The van der Waals surface area contributed by atoms with Gasteiger partial charge in [-0.25, -0.2) is 0 Å². The van der Waals surface area contributed by atoms with Gasteiger partial charge in [0.25, 0.3) is 0 Å². The number of rotatable bonds is 4. The third-order valence-electron chi connectivity index (χ3n) is 5.11. The lowest BCUT2D eigenvalue weighted by Crippen LogP contribution is -2.00. The SMILES string of the molecule is c1ccc(C2=C(c3ccccc3)C(c3ccccc3)=C(c3ccccc3)SS2)cc1. The molecule has 0 saturated carbocycles. The van der Waals surface area contributed by atoms with Crippen molar-refractivity contribution in [1.82, 2.24) is 0 Å². The van der Waals surface area contributed by atoms with Crippen molar-refractivity contribution in [3.05, 3.63) is 144 Å². The molecule has 1 aliphatic heterocycles. The highest BCUT2D eigenvalue weighted by Gasteiger charge is 2.27. The van der Waals surface area contributed by atoms with Crippen molar-refractivity contribution in [1.29, 1.82) is 0 Å². The number of allylic oxidation sites excluding steroid dienone is 2. The third kappa shape index (κ3) is 3.77. The van der Waals surface area contributed by atoms with Gasteiger partial charge in [-0.3, -0.25) is 0 Å². The molecular formula is C28H20S2. The van der Waals surface area contributed by atoms with Gasteiger partial charge in [0.1, 0.15) is 0 Å². The van der Waals surface area contributed by atoms with Crippen molar-refractivity contribution in [3.8, 4) is 0 Å². The first-order chi connectivity index (χ1) is 14.9. The molecule has 4 aromatic rings. The van der Waals surface area contributed by atoms with Crippen molar-refractivity contribution in [2.75, 3.05) is 0 Å². The van der Waals surface area contributed by atoms with Crippen LogP contribution in [0.2, 0.25) is 0 Å². The predicted octanol–water partition coefficient (Wildman–Crippen LogP) is 8.52. The van der Waals surface area contributed by atoms with Gasteiger partial charge >= 0.3 is 0 Å². The van der Waals surface area contributed by atoms with Crippen molar-refractivity contribution in [3.63, 3.8) is 0 Å². The van der Waals surface area contributed by atoms with E-state index in [1.807, 2.05) is 21.6 Å². The maximum absolute atomic E-state index is 2.22. The van der Waals surface area contributed by atoms with Crippen LogP contribution < -0.4 is 0 Å². The molecule has 4 aromatic carbocycles. The molecule has 0 aliphatic carbocycles. The summed E-state index contributed by atoms with van der Waals surface area (Å²) in [5.41, 5.74) is 7.61. The minimum atomic E-state index is 1.25. The molecule has 0 nitrogen and oxygen atoms in total. The number of hydrogen-bond acceptors (Lipinski definition) is 2. The normalized spacial score (nSPS) is 14.1. The van der Waals surface area contributed by atoms with E-state index in [0.717, 1.165) is 0 Å². The topological polar surface area (TPSA) is 0 Å². The van der Waals surface area contributed by atoms with E-state index >= 15 is 0 Å². The number of benzene rings is 4. The Morgan fingerprint density at radius 3 is 0.867 bits per heavy atom. The lowest BCUT2D eigenvalue weighted by Gasteiger charge is -2.27.